The highest BCUT2D eigenvalue weighted by atomic mass is 32.1. The molecular weight excluding hydrogens is 328 g/mol. The molecule has 0 aliphatic rings. The van der Waals surface area contributed by atoms with E-state index in [1.54, 1.807) is 37.3 Å². The van der Waals surface area contributed by atoms with Gasteiger partial charge in [0, 0.05) is 0 Å². The number of alkyl carbamates (subject to hydrolysis) is 1. The van der Waals surface area contributed by atoms with Crippen LogP contribution < -0.4 is 10.6 Å². The maximum atomic E-state index is 12.4. The van der Waals surface area contributed by atoms with Gasteiger partial charge in [0.15, 0.2) is 11.2 Å². The zero-order valence-electron chi connectivity index (χ0n) is 14.0. The number of amides is 1. The van der Waals surface area contributed by atoms with Crippen LogP contribution in [0.2, 0.25) is 0 Å². The number of allylic oxidation sites excluding steroid dienone is 1. The first-order valence-electron chi connectivity index (χ1n) is 7.53. The summed E-state index contributed by atoms with van der Waals surface area (Å²) in [6, 6.07) is 8.15. The third kappa shape index (κ3) is 7.23. The zero-order chi connectivity index (χ0) is 17.9. The summed E-state index contributed by atoms with van der Waals surface area (Å²) in [6.07, 6.45) is 1.12. The molecule has 0 aliphatic carbocycles. The Morgan fingerprint density at radius 2 is 1.88 bits per heavy atom. The van der Waals surface area contributed by atoms with Gasteiger partial charge in [-0.25, -0.2) is 9.59 Å². The Kier molecular flexibility index (Phi) is 8.49. The molecule has 1 aromatic carbocycles. The molecule has 1 atom stereocenters. The fourth-order valence-electron chi connectivity index (χ4n) is 1.72. The van der Waals surface area contributed by atoms with E-state index in [-0.39, 0.29) is 18.3 Å². The van der Waals surface area contributed by atoms with Crippen molar-refractivity contribution < 1.29 is 19.1 Å². The normalized spacial score (nSPS) is 11.0. The molecule has 0 bridgehead atoms. The van der Waals surface area contributed by atoms with Gasteiger partial charge in [0.2, 0.25) is 0 Å². The molecule has 1 aromatic rings. The van der Waals surface area contributed by atoms with Crippen molar-refractivity contribution in [2.24, 2.45) is 0 Å². The number of thiocarbonyl (C=S) groups is 1. The molecule has 0 fully saturated rings. The van der Waals surface area contributed by atoms with Gasteiger partial charge < -0.3 is 14.8 Å². The summed E-state index contributed by atoms with van der Waals surface area (Å²) in [7, 11) is 0. The predicted octanol–water partition coefficient (Wildman–Crippen LogP) is 2.86. The molecule has 0 aliphatic heterocycles. The van der Waals surface area contributed by atoms with Gasteiger partial charge in [-0.05, 0) is 44.6 Å². The van der Waals surface area contributed by atoms with Crippen LogP contribution in [0, 0.1) is 0 Å². The smallest absolute Gasteiger partial charge is 0.413 e. The number of esters is 1. The molecule has 2 N–H and O–H groups in total. The molecule has 0 heterocycles. The molecule has 130 valence electrons. The number of hydrogen-bond donors (Lipinski definition) is 2. The summed E-state index contributed by atoms with van der Waals surface area (Å²) in [5, 5.41) is 5.12. The first-order valence-corrected chi connectivity index (χ1v) is 7.94. The summed E-state index contributed by atoms with van der Waals surface area (Å²) in [6.45, 7) is 5.91. The monoisotopic (exact) mass is 350 g/mol. The van der Waals surface area contributed by atoms with Crippen LogP contribution in [0.25, 0.3) is 0 Å². The van der Waals surface area contributed by atoms with Gasteiger partial charge >= 0.3 is 12.1 Å². The molecule has 0 saturated heterocycles. The van der Waals surface area contributed by atoms with Gasteiger partial charge in [0.25, 0.3) is 0 Å². The molecule has 0 radical (unpaired) electrons. The first-order chi connectivity index (χ1) is 11.4. The average molecular weight is 350 g/mol. The third-order valence-corrected chi connectivity index (χ3v) is 3.07. The third-order valence-electron chi connectivity index (χ3n) is 2.85. The van der Waals surface area contributed by atoms with E-state index in [9.17, 15) is 9.59 Å². The number of ether oxygens (including phenoxy) is 2. The van der Waals surface area contributed by atoms with Gasteiger partial charge in [0.05, 0.1) is 6.61 Å². The van der Waals surface area contributed by atoms with Crippen LogP contribution in [0.5, 0.6) is 0 Å². The van der Waals surface area contributed by atoms with E-state index in [2.05, 4.69) is 10.6 Å². The van der Waals surface area contributed by atoms with E-state index in [1.807, 2.05) is 19.9 Å². The van der Waals surface area contributed by atoms with Crippen molar-refractivity contribution in [3.63, 3.8) is 0 Å². The van der Waals surface area contributed by atoms with Gasteiger partial charge in [-0.2, -0.15) is 0 Å². The zero-order valence-corrected chi connectivity index (χ0v) is 14.8. The van der Waals surface area contributed by atoms with Crippen molar-refractivity contribution in [1.82, 2.24) is 10.6 Å². The Morgan fingerprint density at radius 1 is 1.21 bits per heavy atom. The van der Waals surface area contributed by atoms with E-state index in [0.29, 0.717) is 5.56 Å². The minimum absolute atomic E-state index is 0.0125. The predicted molar refractivity (Wildman–Crippen MR) is 95.5 cm³/mol. The number of carbonyl (C=O) groups is 2. The van der Waals surface area contributed by atoms with E-state index >= 15 is 0 Å². The van der Waals surface area contributed by atoms with Crippen LogP contribution in [0.1, 0.15) is 32.4 Å². The average Bonchev–Trinajstić information content (AvgIpc) is 2.53. The van der Waals surface area contributed by atoms with E-state index in [0.717, 1.165) is 5.57 Å². The lowest BCUT2D eigenvalue weighted by Crippen LogP contribution is -2.43. The van der Waals surface area contributed by atoms with Gasteiger partial charge in [-0.3, -0.25) is 5.32 Å². The highest BCUT2D eigenvalue weighted by molar-refractivity contribution is 7.80. The molecule has 0 spiro atoms. The largest absolute Gasteiger partial charge is 0.460 e. The minimum Gasteiger partial charge on any atom is -0.460 e. The summed E-state index contributed by atoms with van der Waals surface area (Å²) in [5.74, 6) is -0.494. The lowest BCUT2D eigenvalue weighted by atomic mass is 10.1. The standard InChI is InChI=1S/C17H22N2O4S/c1-4-22-17(21)19-16(24)18-14(13-8-6-5-7-9-13)15(20)23-11-10-12(2)3/h5-10,14H,4,11H2,1-3H3,(H2,18,19,21,24). The highest BCUT2D eigenvalue weighted by Crippen LogP contribution is 2.14. The SMILES string of the molecule is CCOC(=O)NC(=S)NC(C(=O)OCC=C(C)C)c1ccccc1. The Labute approximate surface area is 147 Å². The van der Waals surface area contributed by atoms with Gasteiger partial charge in [0.1, 0.15) is 6.61 Å². The Balaban J connectivity index is 2.79. The molecule has 1 unspecified atom stereocenters. The maximum Gasteiger partial charge on any atom is 0.413 e. The molecular formula is C17H22N2O4S. The molecule has 0 aromatic heterocycles. The van der Waals surface area contributed by atoms with Crippen molar-refractivity contribution in [3.05, 3.63) is 47.5 Å². The van der Waals surface area contributed by atoms with Crippen molar-refractivity contribution in [1.29, 1.82) is 0 Å². The van der Waals surface area contributed by atoms with Crippen molar-refractivity contribution in [2.45, 2.75) is 26.8 Å². The van der Waals surface area contributed by atoms with Crippen LogP contribution in [0.3, 0.4) is 0 Å². The summed E-state index contributed by atoms with van der Waals surface area (Å²) in [4.78, 5) is 23.8. The molecule has 1 amide bonds. The van der Waals surface area contributed by atoms with Crippen molar-refractivity contribution in [3.8, 4) is 0 Å². The van der Waals surface area contributed by atoms with E-state index < -0.39 is 18.1 Å². The second-order valence-corrected chi connectivity index (χ2v) is 5.48. The van der Waals surface area contributed by atoms with Crippen LogP contribution in [0.4, 0.5) is 4.79 Å². The molecule has 0 saturated carbocycles. The molecule has 24 heavy (non-hydrogen) atoms. The molecule has 6 nitrogen and oxygen atoms in total. The molecule has 1 rings (SSSR count). The van der Waals surface area contributed by atoms with Gasteiger partial charge in [-0.1, -0.05) is 35.9 Å². The second-order valence-electron chi connectivity index (χ2n) is 5.07. The summed E-state index contributed by atoms with van der Waals surface area (Å²) in [5.41, 5.74) is 1.72. The number of nitrogens with one attached hydrogen (secondary N) is 2. The number of carbonyl (C=O) groups excluding carboxylic acids is 2. The van der Waals surface area contributed by atoms with Crippen LogP contribution in [-0.4, -0.2) is 30.4 Å². The van der Waals surface area contributed by atoms with Gasteiger partial charge in [-0.15, -0.1) is 0 Å². The quantitative estimate of drug-likeness (QED) is 0.467. The Morgan fingerprint density at radius 3 is 2.46 bits per heavy atom. The molecule has 7 heteroatoms. The Hall–Kier alpha value is -2.41. The lowest BCUT2D eigenvalue weighted by Gasteiger charge is -2.19. The fourth-order valence-corrected chi connectivity index (χ4v) is 1.93. The van der Waals surface area contributed by atoms with E-state index in [1.165, 1.54) is 0 Å². The first kappa shape index (κ1) is 19.6. The summed E-state index contributed by atoms with van der Waals surface area (Å²) < 4.78 is 9.99. The number of rotatable bonds is 6. The van der Waals surface area contributed by atoms with E-state index in [4.69, 9.17) is 21.7 Å². The van der Waals surface area contributed by atoms with Crippen molar-refractivity contribution in [2.75, 3.05) is 13.2 Å². The topological polar surface area (TPSA) is 76.7 Å². The van der Waals surface area contributed by atoms with Crippen LogP contribution >= 0.6 is 12.2 Å². The number of hydrogen-bond acceptors (Lipinski definition) is 5. The van der Waals surface area contributed by atoms with Crippen molar-refractivity contribution >= 4 is 29.4 Å². The van der Waals surface area contributed by atoms with Crippen LogP contribution in [0.15, 0.2) is 42.0 Å². The van der Waals surface area contributed by atoms with Crippen LogP contribution in [-0.2, 0) is 14.3 Å². The second kappa shape index (κ2) is 10.4. The lowest BCUT2D eigenvalue weighted by molar-refractivity contribution is -0.144. The summed E-state index contributed by atoms with van der Waals surface area (Å²) >= 11 is 5.05. The Bertz CT molecular complexity index is 598. The maximum absolute atomic E-state index is 12.4. The minimum atomic E-state index is -0.828. The fraction of sp³-hybridized carbons (Fsp3) is 0.353. The highest BCUT2D eigenvalue weighted by Gasteiger charge is 2.23. The number of benzene rings is 1.